The number of carbonyl (C=O) groups excluding carboxylic acids is 2. The number of aliphatic hydroxyl groups excluding tert-OH is 4. The van der Waals surface area contributed by atoms with Gasteiger partial charge in [-0.05, 0) is 89.9 Å². The van der Waals surface area contributed by atoms with Crippen molar-refractivity contribution in [3.63, 3.8) is 0 Å². The number of allylic oxidation sites excluding steroid dienone is 14. The number of carbonyl (C=O) groups is 2. The lowest BCUT2D eigenvalue weighted by Crippen LogP contribution is -2.59. The highest BCUT2D eigenvalue weighted by atomic mass is 16.7. The summed E-state index contributed by atoms with van der Waals surface area (Å²) in [6.45, 7) is 3.16. The summed E-state index contributed by atoms with van der Waals surface area (Å²) in [5.41, 5.74) is 0. The van der Waals surface area contributed by atoms with Crippen molar-refractivity contribution in [2.24, 2.45) is 0 Å². The highest BCUT2D eigenvalue weighted by Gasteiger charge is 2.44. The van der Waals surface area contributed by atoms with Crippen molar-refractivity contribution in [2.45, 2.75) is 166 Å². The molecule has 0 bridgehead atoms. The maximum atomic E-state index is 12.7. The molecule has 0 aliphatic carbocycles. The third-order valence-electron chi connectivity index (χ3n) is 8.76. The zero-order valence-electron chi connectivity index (χ0n) is 33.6. The van der Waals surface area contributed by atoms with Gasteiger partial charge in [0, 0.05) is 12.8 Å². The monoisotopic (exact) mass is 773 g/mol. The van der Waals surface area contributed by atoms with Gasteiger partial charge in [0.25, 0.3) is 0 Å². The van der Waals surface area contributed by atoms with E-state index in [-0.39, 0.29) is 26.1 Å². The van der Waals surface area contributed by atoms with Crippen molar-refractivity contribution in [3.8, 4) is 0 Å². The molecule has 0 aromatic rings. The van der Waals surface area contributed by atoms with E-state index in [0.717, 1.165) is 70.6 Å². The van der Waals surface area contributed by atoms with Crippen molar-refractivity contribution in [1.29, 1.82) is 0 Å². The number of unbranched alkanes of at least 4 members (excludes halogenated alkanes) is 7. The summed E-state index contributed by atoms with van der Waals surface area (Å²) in [7, 11) is 0. The van der Waals surface area contributed by atoms with E-state index in [1.807, 2.05) is 0 Å². The van der Waals surface area contributed by atoms with Crippen LogP contribution in [0, 0.1) is 0 Å². The predicted molar refractivity (Wildman–Crippen MR) is 219 cm³/mol. The van der Waals surface area contributed by atoms with Gasteiger partial charge in [0.2, 0.25) is 0 Å². The number of esters is 2. The van der Waals surface area contributed by atoms with Crippen LogP contribution in [0.25, 0.3) is 0 Å². The van der Waals surface area contributed by atoms with Crippen molar-refractivity contribution in [3.05, 3.63) is 85.1 Å². The average molecular weight is 773 g/mol. The molecule has 1 heterocycles. The SMILES string of the molecule is CC/C=C\C/C=C\C/C=C\C/C=C\CCCCC(=O)O[C@H](COC(=O)CCCC/C=C\C/C=C\C/C=C\CCCCC)CO[C@@H]1O[C@H](CO)[C@H](O)C(O)C1O. The summed E-state index contributed by atoms with van der Waals surface area (Å²) >= 11 is 0. The van der Waals surface area contributed by atoms with E-state index in [4.69, 9.17) is 18.9 Å². The average Bonchev–Trinajstić information content (AvgIpc) is 3.18. The van der Waals surface area contributed by atoms with Crippen molar-refractivity contribution in [1.82, 2.24) is 0 Å². The summed E-state index contributed by atoms with van der Waals surface area (Å²) in [5.74, 6) is -0.911. The Labute approximate surface area is 331 Å². The van der Waals surface area contributed by atoms with E-state index >= 15 is 0 Å². The fraction of sp³-hybridized carbons (Fsp3) is 0.644. The van der Waals surface area contributed by atoms with Crippen molar-refractivity contribution in [2.75, 3.05) is 19.8 Å². The molecule has 2 unspecified atom stereocenters. The Kier molecular flexibility index (Phi) is 32.0. The lowest BCUT2D eigenvalue weighted by atomic mass is 9.99. The Morgan fingerprint density at radius 3 is 1.55 bits per heavy atom. The van der Waals surface area contributed by atoms with Crippen LogP contribution in [0.4, 0.5) is 0 Å². The molecule has 1 aliphatic rings. The van der Waals surface area contributed by atoms with Gasteiger partial charge in [-0.2, -0.15) is 0 Å². The smallest absolute Gasteiger partial charge is 0.306 e. The molecule has 4 N–H and O–H groups in total. The molecule has 1 rings (SSSR count). The summed E-state index contributed by atoms with van der Waals surface area (Å²) < 4.78 is 22.0. The Bertz CT molecular complexity index is 1170. The Hall–Kier alpha value is -3.12. The highest BCUT2D eigenvalue weighted by molar-refractivity contribution is 5.70. The standard InChI is InChI=1S/C45H72O10/c1-3-5-7-9-11-13-15-17-19-21-23-25-27-29-31-33-40(47)52-36-38(37-53-45-44(51)43(50)42(49)39(35-46)55-45)54-41(48)34-32-30-28-26-24-22-20-18-16-14-12-10-8-6-4-2/h6,8,11-14,17-20,23-26,38-39,42-46,49-51H,3-5,7,9-10,15-16,21-22,27-37H2,1-2H3/b8-6-,13-11-,14-12-,19-17-,20-18-,25-23-,26-24-/t38-,39-,42+,43?,44?,45-/m1/s1. The molecule has 312 valence electrons. The van der Waals surface area contributed by atoms with Gasteiger partial charge in [-0.1, -0.05) is 112 Å². The largest absolute Gasteiger partial charge is 0.462 e. The minimum atomic E-state index is -1.61. The van der Waals surface area contributed by atoms with E-state index in [0.29, 0.717) is 12.8 Å². The van der Waals surface area contributed by atoms with Crippen LogP contribution in [0.2, 0.25) is 0 Å². The third-order valence-corrected chi connectivity index (χ3v) is 8.76. The number of ether oxygens (including phenoxy) is 4. The first-order valence-corrected chi connectivity index (χ1v) is 20.7. The van der Waals surface area contributed by atoms with Crippen LogP contribution in [-0.2, 0) is 28.5 Å². The second kappa shape index (κ2) is 35.3. The van der Waals surface area contributed by atoms with Crippen LogP contribution in [-0.4, -0.2) is 89.0 Å². The van der Waals surface area contributed by atoms with Gasteiger partial charge in [0.1, 0.15) is 31.0 Å². The zero-order valence-corrected chi connectivity index (χ0v) is 33.6. The lowest BCUT2D eigenvalue weighted by Gasteiger charge is -2.39. The van der Waals surface area contributed by atoms with E-state index < -0.39 is 55.4 Å². The molecule has 10 nitrogen and oxygen atoms in total. The molecule has 1 aliphatic heterocycles. The first kappa shape index (κ1) is 49.9. The molecule has 0 spiro atoms. The third kappa shape index (κ3) is 27.2. The lowest BCUT2D eigenvalue weighted by molar-refractivity contribution is -0.305. The molecule has 0 radical (unpaired) electrons. The molecule has 6 atom stereocenters. The second-order valence-electron chi connectivity index (χ2n) is 13.7. The maximum absolute atomic E-state index is 12.7. The molecule has 0 amide bonds. The van der Waals surface area contributed by atoms with Crippen LogP contribution in [0.15, 0.2) is 85.1 Å². The van der Waals surface area contributed by atoms with Gasteiger partial charge >= 0.3 is 11.9 Å². The highest BCUT2D eigenvalue weighted by Crippen LogP contribution is 2.22. The van der Waals surface area contributed by atoms with Gasteiger partial charge in [-0.15, -0.1) is 0 Å². The van der Waals surface area contributed by atoms with Crippen molar-refractivity contribution >= 4 is 11.9 Å². The quantitative estimate of drug-likeness (QED) is 0.0299. The molecule has 0 aromatic carbocycles. The normalized spacial score (nSPS) is 21.5. The molecule has 0 saturated carbocycles. The van der Waals surface area contributed by atoms with Gasteiger partial charge in [-0.3, -0.25) is 9.59 Å². The van der Waals surface area contributed by atoms with E-state index in [1.165, 1.54) is 19.3 Å². The fourth-order valence-electron chi connectivity index (χ4n) is 5.48. The Morgan fingerprint density at radius 2 is 1.05 bits per heavy atom. The minimum absolute atomic E-state index is 0.164. The van der Waals surface area contributed by atoms with Gasteiger partial charge in [0.05, 0.1) is 13.2 Å². The van der Waals surface area contributed by atoms with Crippen LogP contribution < -0.4 is 0 Å². The summed E-state index contributed by atoms with van der Waals surface area (Å²) in [4.78, 5) is 25.2. The van der Waals surface area contributed by atoms with E-state index in [1.54, 1.807) is 0 Å². The maximum Gasteiger partial charge on any atom is 0.306 e. The number of hydrogen-bond acceptors (Lipinski definition) is 10. The number of aliphatic hydroxyl groups is 4. The first-order valence-electron chi connectivity index (χ1n) is 20.7. The van der Waals surface area contributed by atoms with E-state index in [2.05, 4.69) is 98.9 Å². The Balaban J connectivity index is 2.45. The Morgan fingerprint density at radius 1 is 0.582 bits per heavy atom. The first-order chi connectivity index (χ1) is 26.8. The fourth-order valence-corrected chi connectivity index (χ4v) is 5.48. The molecular weight excluding hydrogens is 700 g/mol. The minimum Gasteiger partial charge on any atom is -0.462 e. The van der Waals surface area contributed by atoms with Gasteiger partial charge < -0.3 is 39.4 Å². The molecule has 1 saturated heterocycles. The summed E-state index contributed by atoms with van der Waals surface area (Å²) in [5, 5.41) is 40.0. The van der Waals surface area contributed by atoms with Gasteiger partial charge in [0.15, 0.2) is 12.4 Å². The molecule has 10 heteroatoms. The molecule has 0 aromatic heterocycles. The number of rotatable bonds is 32. The van der Waals surface area contributed by atoms with Crippen LogP contribution >= 0.6 is 0 Å². The molecule has 1 fully saturated rings. The van der Waals surface area contributed by atoms with Crippen LogP contribution in [0.1, 0.15) is 129 Å². The number of hydrogen-bond donors (Lipinski definition) is 4. The molecular formula is C45H72O10. The van der Waals surface area contributed by atoms with Crippen LogP contribution in [0.5, 0.6) is 0 Å². The summed E-state index contributed by atoms with van der Waals surface area (Å²) in [6.07, 6.45) is 37.4. The zero-order chi connectivity index (χ0) is 40.2. The summed E-state index contributed by atoms with van der Waals surface area (Å²) in [6, 6.07) is 0. The van der Waals surface area contributed by atoms with Crippen molar-refractivity contribution < 1.29 is 49.0 Å². The van der Waals surface area contributed by atoms with Crippen LogP contribution in [0.3, 0.4) is 0 Å². The van der Waals surface area contributed by atoms with E-state index in [9.17, 15) is 30.0 Å². The van der Waals surface area contributed by atoms with Gasteiger partial charge in [-0.25, -0.2) is 0 Å². The molecule has 55 heavy (non-hydrogen) atoms. The second-order valence-corrected chi connectivity index (χ2v) is 13.7. The predicted octanol–water partition coefficient (Wildman–Crippen LogP) is 8.21. The topological polar surface area (TPSA) is 152 Å².